The molecular weight excluding hydrogens is 342 g/mol. The molecule has 0 saturated carbocycles. The molecule has 1 amide bonds. The minimum Gasteiger partial charge on any atom is -0.488 e. The first-order chi connectivity index (χ1) is 13.2. The van der Waals surface area contributed by atoms with E-state index in [1.165, 1.54) is 0 Å². The van der Waals surface area contributed by atoms with Crippen molar-refractivity contribution < 1.29 is 14.3 Å². The van der Waals surface area contributed by atoms with Crippen molar-refractivity contribution in [1.29, 1.82) is 0 Å². The van der Waals surface area contributed by atoms with E-state index in [9.17, 15) is 4.79 Å². The molecule has 1 saturated heterocycles. The molecule has 6 nitrogen and oxygen atoms in total. The number of carbonyl (C=O) groups is 1. The highest BCUT2D eigenvalue weighted by Crippen LogP contribution is 2.26. The van der Waals surface area contributed by atoms with Crippen molar-refractivity contribution in [3.05, 3.63) is 60.4 Å². The first kappa shape index (κ1) is 17.3. The molecule has 1 aliphatic rings. The van der Waals surface area contributed by atoms with Crippen LogP contribution >= 0.6 is 0 Å². The van der Waals surface area contributed by atoms with E-state index in [0.29, 0.717) is 24.5 Å². The monoisotopic (exact) mass is 363 g/mol. The fraction of sp³-hybridized carbons (Fsp3) is 0.286. The Kier molecular flexibility index (Phi) is 4.87. The average molecular weight is 363 g/mol. The molecule has 0 radical (unpaired) electrons. The maximum Gasteiger partial charge on any atom is 0.255 e. The summed E-state index contributed by atoms with van der Waals surface area (Å²) in [6, 6.07) is 13.4. The number of likely N-dealkylation sites (tertiary alicyclic amines) is 1. The number of methoxy groups -OCH3 is 1. The predicted octanol–water partition coefficient (Wildman–Crippen LogP) is 3.32. The van der Waals surface area contributed by atoms with Crippen LogP contribution in [0.15, 0.2) is 54.9 Å². The van der Waals surface area contributed by atoms with Crippen molar-refractivity contribution in [2.45, 2.75) is 18.9 Å². The van der Waals surface area contributed by atoms with E-state index in [1.54, 1.807) is 31.6 Å². The highest BCUT2D eigenvalue weighted by molar-refractivity contribution is 5.94. The molecule has 2 aromatic heterocycles. The zero-order valence-electron chi connectivity index (χ0n) is 15.2. The van der Waals surface area contributed by atoms with Crippen molar-refractivity contribution in [3.8, 4) is 11.6 Å². The molecule has 3 aromatic rings. The Bertz CT molecular complexity index is 930. The summed E-state index contributed by atoms with van der Waals surface area (Å²) < 4.78 is 11.2. The first-order valence-corrected chi connectivity index (χ1v) is 9.04. The quantitative estimate of drug-likeness (QED) is 0.711. The van der Waals surface area contributed by atoms with Crippen molar-refractivity contribution in [1.82, 2.24) is 14.9 Å². The number of benzene rings is 1. The predicted molar refractivity (Wildman–Crippen MR) is 102 cm³/mol. The lowest BCUT2D eigenvalue weighted by molar-refractivity contribution is 0.0597. The maximum atomic E-state index is 12.6. The molecule has 4 rings (SSSR count). The number of ether oxygens (including phenoxy) is 2. The average Bonchev–Trinajstić information content (AvgIpc) is 2.74. The molecule has 138 valence electrons. The van der Waals surface area contributed by atoms with Crippen LogP contribution in [0.25, 0.3) is 10.9 Å². The number of rotatable bonds is 4. The number of amides is 1. The van der Waals surface area contributed by atoms with Crippen LogP contribution in [0.5, 0.6) is 11.6 Å². The van der Waals surface area contributed by atoms with E-state index in [4.69, 9.17) is 9.47 Å². The van der Waals surface area contributed by atoms with Crippen LogP contribution < -0.4 is 9.47 Å². The van der Waals surface area contributed by atoms with Crippen molar-refractivity contribution in [3.63, 3.8) is 0 Å². The number of fused-ring (bicyclic) bond motifs is 1. The van der Waals surface area contributed by atoms with Gasteiger partial charge in [-0.1, -0.05) is 18.2 Å². The van der Waals surface area contributed by atoms with Gasteiger partial charge < -0.3 is 14.4 Å². The lowest BCUT2D eigenvalue weighted by Gasteiger charge is -2.32. The molecule has 0 N–H and O–H groups in total. The van der Waals surface area contributed by atoms with Gasteiger partial charge in [-0.3, -0.25) is 9.78 Å². The number of para-hydroxylation sites is 1. The fourth-order valence-corrected chi connectivity index (χ4v) is 3.34. The third-order valence-corrected chi connectivity index (χ3v) is 4.81. The summed E-state index contributed by atoms with van der Waals surface area (Å²) in [7, 11) is 1.56. The lowest BCUT2D eigenvalue weighted by Crippen LogP contribution is -2.41. The summed E-state index contributed by atoms with van der Waals surface area (Å²) in [4.78, 5) is 23.0. The maximum absolute atomic E-state index is 12.6. The number of hydrogen-bond donors (Lipinski definition) is 0. The Hall–Kier alpha value is -3.15. The number of aromatic nitrogens is 2. The molecule has 3 heterocycles. The Labute approximate surface area is 157 Å². The smallest absolute Gasteiger partial charge is 0.255 e. The van der Waals surface area contributed by atoms with Crippen LogP contribution in [-0.2, 0) is 0 Å². The van der Waals surface area contributed by atoms with E-state index in [2.05, 4.69) is 9.97 Å². The van der Waals surface area contributed by atoms with Gasteiger partial charge in [-0.25, -0.2) is 4.98 Å². The third-order valence-electron chi connectivity index (χ3n) is 4.81. The van der Waals surface area contributed by atoms with Gasteiger partial charge in [0.25, 0.3) is 5.91 Å². The largest absolute Gasteiger partial charge is 0.488 e. The van der Waals surface area contributed by atoms with Crippen molar-refractivity contribution in [2.24, 2.45) is 0 Å². The summed E-state index contributed by atoms with van der Waals surface area (Å²) in [6.07, 6.45) is 5.00. The number of piperidine rings is 1. The third kappa shape index (κ3) is 3.69. The van der Waals surface area contributed by atoms with Crippen LogP contribution in [0.4, 0.5) is 0 Å². The van der Waals surface area contributed by atoms with Gasteiger partial charge in [0.2, 0.25) is 5.88 Å². The van der Waals surface area contributed by atoms with Gasteiger partial charge >= 0.3 is 0 Å². The normalized spacial score (nSPS) is 14.9. The molecule has 0 unspecified atom stereocenters. The Morgan fingerprint density at radius 3 is 2.63 bits per heavy atom. The molecule has 0 atom stereocenters. The second kappa shape index (κ2) is 7.61. The SMILES string of the molecule is COc1ccc(C(=O)N2CCC(Oc3cccc4cccnc34)CC2)cn1. The number of pyridine rings is 2. The zero-order valence-corrected chi connectivity index (χ0v) is 15.2. The Morgan fingerprint density at radius 1 is 1.07 bits per heavy atom. The molecule has 1 fully saturated rings. The van der Waals surface area contributed by atoms with Gasteiger partial charge in [0, 0.05) is 49.8 Å². The second-order valence-corrected chi connectivity index (χ2v) is 6.53. The number of nitrogens with zero attached hydrogens (tertiary/aromatic N) is 3. The topological polar surface area (TPSA) is 64.5 Å². The molecular formula is C21H21N3O3. The minimum atomic E-state index is -0.00423. The zero-order chi connectivity index (χ0) is 18.6. The molecule has 0 aliphatic carbocycles. The van der Waals surface area contributed by atoms with Gasteiger partial charge in [-0.15, -0.1) is 0 Å². The lowest BCUT2D eigenvalue weighted by atomic mass is 10.1. The van der Waals surface area contributed by atoms with Gasteiger partial charge in [0.15, 0.2) is 0 Å². The molecule has 0 bridgehead atoms. The van der Waals surface area contributed by atoms with Gasteiger partial charge in [0.1, 0.15) is 17.4 Å². The van der Waals surface area contributed by atoms with Gasteiger partial charge in [0.05, 0.1) is 12.7 Å². The van der Waals surface area contributed by atoms with Crippen LogP contribution in [0, 0.1) is 0 Å². The highest BCUT2D eigenvalue weighted by atomic mass is 16.5. The minimum absolute atomic E-state index is 0.00423. The van der Waals surface area contributed by atoms with Gasteiger partial charge in [-0.2, -0.15) is 0 Å². The molecule has 6 heteroatoms. The van der Waals surface area contributed by atoms with E-state index < -0.39 is 0 Å². The van der Waals surface area contributed by atoms with E-state index in [0.717, 1.165) is 29.5 Å². The fourth-order valence-electron chi connectivity index (χ4n) is 3.34. The standard InChI is InChI=1S/C21H21N3O3/c1-26-19-8-7-16(14-23-19)21(25)24-12-9-17(10-13-24)27-18-6-2-4-15-5-3-11-22-20(15)18/h2-8,11,14,17H,9-10,12-13H2,1H3. The summed E-state index contributed by atoms with van der Waals surface area (Å²) in [5, 5.41) is 1.06. The number of carbonyl (C=O) groups excluding carboxylic acids is 1. The molecule has 1 aromatic carbocycles. The van der Waals surface area contributed by atoms with E-state index >= 15 is 0 Å². The van der Waals surface area contributed by atoms with Crippen LogP contribution in [0.2, 0.25) is 0 Å². The Morgan fingerprint density at radius 2 is 1.89 bits per heavy atom. The highest BCUT2D eigenvalue weighted by Gasteiger charge is 2.25. The van der Waals surface area contributed by atoms with Gasteiger partial charge in [-0.05, 0) is 18.2 Å². The van der Waals surface area contributed by atoms with Crippen LogP contribution in [0.1, 0.15) is 23.2 Å². The number of hydrogen-bond acceptors (Lipinski definition) is 5. The summed E-state index contributed by atoms with van der Waals surface area (Å²) in [5.74, 6) is 1.30. The van der Waals surface area contributed by atoms with E-state index in [1.807, 2.05) is 35.2 Å². The summed E-state index contributed by atoms with van der Waals surface area (Å²) in [6.45, 7) is 1.32. The summed E-state index contributed by atoms with van der Waals surface area (Å²) in [5.41, 5.74) is 1.45. The van der Waals surface area contributed by atoms with Crippen molar-refractivity contribution >= 4 is 16.8 Å². The van der Waals surface area contributed by atoms with Crippen molar-refractivity contribution in [2.75, 3.05) is 20.2 Å². The van der Waals surface area contributed by atoms with Crippen LogP contribution in [0.3, 0.4) is 0 Å². The molecule has 1 aliphatic heterocycles. The second-order valence-electron chi connectivity index (χ2n) is 6.53. The summed E-state index contributed by atoms with van der Waals surface area (Å²) >= 11 is 0. The first-order valence-electron chi connectivity index (χ1n) is 9.04. The van der Waals surface area contributed by atoms with E-state index in [-0.39, 0.29) is 12.0 Å². The van der Waals surface area contributed by atoms with Crippen LogP contribution in [-0.4, -0.2) is 47.1 Å². The molecule has 27 heavy (non-hydrogen) atoms. The Balaban J connectivity index is 1.39. The molecule has 0 spiro atoms.